The van der Waals surface area contributed by atoms with Crippen LogP contribution in [0.15, 0.2) is 28.9 Å². The number of allylic oxidation sites excluding steroid dienone is 2. The van der Waals surface area contributed by atoms with Crippen molar-refractivity contribution < 1.29 is 0 Å². The zero-order chi connectivity index (χ0) is 10.1. The number of aliphatic imine (C=N–C) groups is 1. The first kappa shape index (κ1) is 9.16. The molecule has 1 unspecified atom stereocenters. The molecule has 2 heterocycles. The number of hydrogen-bond acceptors (Lipinski definition) is 3. The van der Waals surface area contributed by atoms with Crippen molar-refractivity contribution in [3.8, 4) is 0 Å². The van der Waals surface area contributed by atoms with Gasteiger partial charge < -0.3 is 10.6 Å². The lowest BCUT2D eigenvalue weighted by Crippen LogP contribution is -2.36. The third kappa shape index (κ3) is 1.72. The van der Waals surface area contributed by atoms with E-state index in [0.717, 1.165) is 19.5 Å². The molecule has 0 amide bonds. The minimum absolute atomic E-state index is 0.389. The Labute approximate surface area is 90.4 Å². The molecule has 0 aromatic heterocycles. The zero-order valence-electron chi connectivity index (χ0n) is 8.87. The van der Waals surface area contributed by atoms with Gasteiger partial charge in [0, 0.05) is 11.6 Å². The first-order valence-corrected chi connectivity index (χ1v) is 5.85. The van der Waals surface area contributed by atoms with Gasteiger partial charge in [0.05, 0.1) is 6.04 Å². The van der Waals surface area contributed by atoms with E-state index in [1.807, 2.05) is 0 Å². The van der Waals surface area contributed by atoms with E-state index in [1.165, 1.54) is 24.4 Å². The van der Waals surface area contributed by atoms with E-state index in [2.05, 4.69) is 28.9 Å². The number of rotatable bonds is 1. The Hall–Kier alpha value is -1.09. The molecule has 15 heavy (non-hydrogen) atoms. The molecule has 0 radical (unpaired) electrons. The van der Waals surface area contributed by atoms with Crippen LogP contribution in [0.1, 0.15) is 19.3 Å². The maximum absolute atomic E-state index is 4.79. The first-order chi connectivity index (χ1) is 7.43. The Bertz CT molecular complexity index is 335. The number of piperidine rings is 1. The molecule has 1 atom stereocenters. The van der Waals surface area contributed by atoms with Crippen molar-refractivity contribution in [1.82, 2.24) is 10.6 Å². The normalized spacial score (nSPS) is 30.5. The molecule has 3 aliphatic rings. The van der Waals surface area contributed by atoms with E-state index < -0.39 is 0 Å². The lowest BCUT2D eigenvalue weighted by molar-refractivity contribution is 0.452. The van der Waals surface area contributed by atoms with Gasteiger partial charge in [0.25, 0.3) is 0 Å². The van der Waals surface area contributed by atoms with Gasteiger partial charge in [0.1, 0.15) is 5.84 Å². The average molecular weight is 203 g/mol. The SMILES string of the molecule is C1=CCC2N=C(C3CCNCC3)NC2=C1. The maximum Gasteiger partial charge on any atom is 0.105 e. The van der Waals surface area contributed by atoms with E-state index in [0.29, 0.717) is 12.0 Å². The molecule has 0 bridgehead atoms. The summed E-state index contributed by atoms with van der Waals surface area (Å²) in [4.78, 5) is 4.79. The van der Waals surface area contributed by atoms with Gasteiger partial charge >= 0.3 is 0 Å². The fraction of sp³-hybridized carbons (Fsp3) is 0.583. The Morgan fingerprint density at radius 1 is 1.27 bits per heavy atom. The summed E-state index contributed by atoms with van der Waals surface area (Å²) in [6.07, 6.45) is 9.99. The third-order valence-electron chi connectivity index (χ3n) is 3.42. The summed E-state index contributed by atoms with van der Waals surface area (Å²) in [5.41, 5.74) is 1.30. The van der Waals surface area contributed by atoms with Crippen LogP contribution in [0.3, 0.4) is 0 Å². The molecular weight excluding hydrogens is 186 g/mol. The number of nitrogens with one attached hydrogen (secondary N) is 2. The van der Waals surface area contributed by atoms with Crippen molar-refractivity contribution in [1.29, 1.82) is 0 Å². The molecule has 3 rings (SSSR count). The average Bonchev–Trinajstić information content (AvgIpc) is 2.74. The van der Waals surface area contributed by atoms with Crippen molar-refractivity contribution in [2.24, 2.45) is 10.9 Å². The molecule has 0 saturated carbocycles. The molecule has 1 fully saturated rings. The van der Waals surface area contributed by atoms with E-state index in [-0.39, 0.29) is 0 Å². The van der Waals surface area contributed by atoms with Gasteiger partial charge in [0.15, 0.2) is 0 Å². The molecule has 1 saturated heterocycles. The Morgan fingerprint density at radius 2 is 2.13 bits per heavy atom. The van der Waals surface area contributed by atoms with Crippen LogP contribution < -0.4 is 10.6 Å². The Kier molecular flexibility index (Phi) is 2.33. The molecule has 1 aliphatic carbocycles. The maximum atomic E-state index is 4.79. The fourth-order valence-electron chi connectivity index (χ4n) is 2.52. The van der Waals surface area contributed by atoms with E-state index in [1.54, 1.807) is 0 Å². The Balaban J connectivity index is 1.73. The molecule has 2 aliphatic heterocycles. The van der Waals surface area contributed by atoms with Gasteiger partial charge in [-0.3, -0.25) is 4.99 Å². The summed E-state index contributed by atoms with van der Waals surface area (Å²) >= 11 is 0. The summed E-state index contributed by atoms with van der Waals surface area (Å²) in [6, 6.07) is 0.389. The monoisotopic (exact) mass is 203 g/mol. The van der Waals surface area contributed by atoms with E-state index in [4.69, 9.17) is 4.99 Å². The molecule has 0 aromatic rings. The van der Waals surface area contributed by atoms with Crippen LogP contribution in [0.25, 0.3) is 0 Å². The summed E-state index contributed by atoms with van der Waals surface area (Å²) in [6.45, 7) is 2.26. The van der Waals surface area contributed by atoms with Gasteiger partial charge in [-0.1, -0.05) is 12.2 Å². The zero-order valence-corrected chi connectivity index (χ0v) is 8.87. The van der Waals surface area contributed by atoms with Crippen molar-refractivity contribution in [2.45, 2.75) is 25.3 Å². The van der Waals surface area contributed by atoms with E-state index in [9.17, 15) is 0 Å². The topological polar surface area (TPSA) is 36.4 Å². The minimum Gasteiger partial charge on any atom is -0.345 e. The lowest BCUT2D eigenvalue weighted by Gasteiger charge is -2.22. The van der Waals surface area contributed by atoms with Crippen molar-refractivity contribution >= 4 is 5.84 Å². The van der Waals surface area contributed by atoms with Crippen molar-refractivity contribution in [3.63, 3.8) is 0 Å². The number of hydrogen-bond donors (Lipinski definition) is 2. The van der Waals surface area contributed by atoms with E-state index >= 15 is 0 Å². The van der Waals surface area contributed by atoms with Crippen LogP contribution in [-0.2, 0) is 0 Å². The van der Waals surface area contributed by atoms with Gasteiger partial charge in [0.2, 0.25) is 0 Å². The first-order valence-electron chi connectivity index (χ1n) is 5.85. The summed E-state index contributed by atoms with van der Waals surface area (Å²) < 4.78 is 0. The largest absolute Gasteiger partial charge is 0.345 e. The van der Waals surface area contributed by atoms with Crippen LogP contribution in [0.5, 0.6) is 0 Å². The summed E-state index contributed by atoms with van der Waals surface area (Å²) in [5, 5.41) is 6.89. The predicted octanol–water partition coefficient (Wildman–Crippen LogP) is 1.20. The molecule has 0 aromatic carbocycles. The summed E-state index contributed by atoms with van der Waals surface area (Å²) in [5.74, 6) is 1.88. The Morgan fingerprint density at radius 3 is 2.93 bits per heavy atom. The summed E-state index contributed by atoms with van der Waals surface area (Å²) in [7, 11) is 0. The number of fused-ring (bicyclic) bond motifs is 1. The van der Waals surface area contributed by atoms with Gasteiger partial charge in [-0.2, -0.15) is 0 Å². The highest BCUT2D eigenvalue weighted by molar-refractivity contribution is 5.89. The predicted molar refractivity (Wildman–Crippen MR) is 61.8 cm³/mol. The number of nitrogens with zero attached hydrogens (tertiary/aromatic N) is 1. The quantitative estimate of drug-likeness (QED) is 0.672. The van der Waals surface area contributed by atoms with Gasteiger partial charge in [-0.15, -0.1) is 0 Å². The van der Waals surface area contributed by atoms with Crippen LogP contribution in [-0.4, -0.2) is 25.0 Å². The minimum atomic E-state index is 0.389. The molecule has 2 N–H and O–H groups in total. The lowest BCUT2D eigenvalue weighted by atomic mass is 9.97. The molecular formula is C12H17N3. The van der Waals surface area contributed by atoms with Crippen LogP contribution in [0.2, 0.25) is 0 Å². The molecule has 80 valence electrons. The molecule has 3 heteroatoms. The highest BCUT2D eigenvalue weighted by Crippen LogP contribution is 2.24. The third-order valence-corrected chi connectivity index (χ3v) is 3.42. The van der Waals surface area contributed by atoms with Gasteiger partial charge in [-0.05, 0) is 38.4 Å². The van der Waals surface area contributed by atoms with Gasteiger partial charge in [-0.25, -0.2) is 0 Å². The molecule has 3 nitrogen and oxygen atoms in total. The highest BCUT2D eigenvalue weighted by Gasteiger charge is 2.28. The molecule has 0 spiro atoms. The second-order valence-corrected chi connectivity index (χ2v) is 4.47. The second kappa shape index (κ2) is 3.81. The fourth-order valence-corrected chi connectivity index (χ4v) is 2.52. The highest BCUT2D eigenvalue weighted by atomic mass is 15.1. The smallest absolute Gasteiger partial charge is 0.105 e. The van der Waals surface area contributed by atoms with Crippen molar-refractivity contribution in [3.05, 3.63) is 23.9 Å². The number of amidine groups is 1. The standard InChI is InChI=1S/C12H17N3/c1-2-4-11-10(3-1)14-12(15-11)9-5-7-13-8-6-9/h1-3,9,11,13H,4-8H2,(H,14,15). The van der Waals surface area contributed by atoms with Crippen molar-refractivity contribution in [2.75, 3.05) is 13.1 Å². The van der Waals surface area contributed by atoms with Crippen LogP contribution in [0.4, 0.5) is 0 Å². The second-order valence-electron chi connectivity index (χ2n) is 4.47. The van der Waals surface area contributed by atoms with Crippen LogP contribution >= 0.6 is 0 Å². The van der Waals surface area contributed by atoms with Crippen LogP contribution in [0, 0.1) is 5.92 Å².